The zero-order valence-corrected chi connectivity index (χ0v) is 33.4. The zero-order chi connectivity index (χ0) is 44.4. The van der Waals surface area contributed by atoms with Crippen LogP contribution in [0.5, 0.6) is 0 Å². The summed E-state index contributed by atoms with van der Waals surface area (Å²) in [5.74, 6) is -3.88. The summed E-state index contributed by atoms with van der Waals surface area (Å²) < 4.78 is 0. The Morgan fingerprint density at radius 3 is 1.12 bits per heavy atom. The molecule has 0 atom stereocenters. The number of imide groups is 2. The number of nitrogens with two attached hydrogens (primary N) is 2. The largest absolute Gasteiger partial charge is 0.398 e. The molecule has 0 saturated carbocycles. The molecule has 2 heterocycles. The van der Waals surface area contributed by atoms with Crippen molar-refractivity contribution in [1.82, 2.24) is 0 Å². The molecule has 6 amide bonds. The van der Waals surface area contributed by atoms with E-state index in [1.165, 1.54) is 84.9 Å². The van der Waals surface area contributed by atoms with Crippen molar-refractivity contribution < 1.29 is 33.6 Å². The van der Waals surface area contributed by atoms with Crippen molar-refractivity contribution in [2.24, 2.45) is 0 Å². The molecule has 0 aromatic heterocycles. The Hall–Kier alpha value is -9.23. The predicted octanol–water partition coefficient (Wildman–Crippen LogP) is 8.49. The summed E-state index contributed by atoms with van der Waals surface area (Å²) in [5.41, 5.74) is 15.9. The van der Waals surface area contributed by atoms with Crippen molar-refractivity contribution in [2.75, 3.05) is 31.9 Å². The number of nitrogens with zero attached hydrogens (tertiary/aromatic N) is 2. The summed E-state index contributed by atoms with van der Waals surface area (Å²) in [4.78, 5) is 96.7. The Balaban J connectivity index is 0.829. The van der Waals surface area contributed by atoms with Gasteiger partial charge < -0.3 is 22.1 Å². The minimum absolute atomic E-state index is 0.00503. The van der Waals surface area contributed by atoms with Gasteiger partial charge in [-0.3, -0.25) is 33.6 Å². The first kappa shape index (κ1) is 38.9. The van der Waals surface area contributed by atoms with Crippen molar-refractivity contribution in [3.05, 3.63) is 202 Å². The van der Waals surface area contributed by atoms with E-state index in [1.54, 1.807) is 48.5 Å². The highest BCUT2D eigenvalue weighted by atomic mass is 16.2. The summed E-state index contributed by atoms with van der Waals surface area (Å²) in [5, 5.41) is 8.94. The van der Waals surface area contributed by atoms with Crippen LogP contribution in [-0.2, 0) is 0 Å². The molecule has 0 bridgehead atoms. The number of amides is 6. The van der Waals surface area contributed by atoms with Gasteiger partial charge in [0, 0.05) is 66.5 Å². The second-order valence-electron chi connectivity index (χ2n) is 15.2. The molecule has 8 aromatic rings. The van der Waals surface area contributed by atoms with Crippen LogP contribution in [0.4, 0.5) is 34.1 Å². The van der Waals surface area contributed by atoms with Gasteiger partial charge in [-0.25, -0.2) is 9.80 Å². The molecular formula is C51H32N6O7. The molecule has 6 N–H and O–H groups in total. The zero-order valence-electron chi connectivity index (χ0n) is 33.4. The summed E-state index contributed by atoms with van der Waals surface area (Å²) in [7, 11) is 0. The van der Waals surface area contributed by atoms with Gasteiger partial charge in [0.15, 0.2) is 5.78 Å². The van der Waals surface area contributed by atoms with Crippen molar-refractivity contribution in [1.29, 1.82) is 0 Å². The van der Waals surface area contributed by atoms with Crippen molar-refractivity contribution in [2.45, 2.75) is 0 Å². The van der Waals surface area contributed by atoms with Crippen LogP contribution < -0.4 is 31.9 Å². The highest BCUT2D eigenvalue weighted by Crippen LogP contribution is 2.34. The van der Waals surface area contributed by atoms with Crippen LogP contribution in [0.1, 0.15) is 78.1 Å². The number of nitrogens with one attached hydrogen (secondary N) is 2. The SMILES string of the molecule is Nc1cccc2c(NC(=O)c3ccc(N4C(=O)c5ccc(C(=O)c6ccc7c(c6)C(=O)N(c6ccc(C(=O)Nc8cccc9c(N)cccc89)cc6)C7=O)cc5C4=O)cc3)cccc12. The molecule has 8 aromatic carbocycles. The Morgan fingerprint density at radius 1 is 0.375 bits per heavy atom. The van der Waals surface area contributed by atoms with Crippen LogP contribution >= 0.6 is 0 Å². The van der Waals surface area contributed by atoms with E-state index in [1.807, 2.05) is 24.3 Å². The summed E-state index contributed by atoms with van der Waals surface area (Å²) in [6.07, 6.45) is 0. The molecule has 2 aliphatic heterocycles. The third-order valence-corrected chi connectivity index (χ3v) is 11.5. The topological polar surface area (TPSA) is 202 Å². The van der Waals surface area contributed by atoms with E-state index in [-0.39, 0.29) is 55.9 Å². The summed E-state index contributed by atoms with van der Waals surface area (Å²) >= 11 is 0. The smallest absolute Gasteiger partial charge is 0.266 e. The number of benzene rings is 8. The third-order valence-electron chi connectivity index (χ3n) is 11.5. The Kier molecular flexibility index (Phi) is 9.15. The van der Waals surface area contributed by atoms with Crippen molar-refractivity contribution in [3.63, 3.8) is 0 Å². The van der Waals surface area contributed by atoms with Crippen LogP contribution in [0.3, 0.4) is 0 Å². The Labute approximate surface area is 363 Å². The van der Waals surface area contributed by atoms with Crippen LogP contribution in [-0.4, -0.2) is 41.2 Å². The van der Waals surface area contributed by atoms with E-state index < -0.39 is 41.2 Å². The van der Waals surface area contributed by atoms with Gasteiger partial charge in [0.05, 0.1) is 33.6 Å². The first-order valence-corrected chi connectivity index (χ1v) is 19.9. The average Bonchev–Trinajstić information content (AvgIpc) is 3.72. The van der Waals surface area contributed by atoms with Gasteiger partial charge in [0.25, 0.3) is 35.4 Å². The molecule has 0 aliphatic carbocycles. The predicted molar refractivity (Wildman–Crippen MR) is 244 cm³/mol. The molecule has 64 heavy (non-hydrogen) atoms. The summed E-state index contributed by atoms with van der Waals surface area (Å²) in [6, 6.07) is 42.0. The Morgan fingerprint density at radius 2 is 0.719 bits per heavy atom. The van der Waals surface area contributed by atoms with Crippen LogP contribution in [0.25, 0.3) is 21.5 Å². The van der Waals surface area contributed by atoms with Crippen LogP contribution in [0.15, 0.2) is 158 Å². The number of carbonyl (C=O) groups is 7. The number of rotatable bonds is 8. The fraction of sp³-hybridized carbons (Fsp3) is 0. The molecule has 13 heteroatoms. The lowest BCUT2D eigenvalue weighted by molar-refractivity contribution is 0.0910. The second kappa shape index (κ2) is 15.0. The van der Waals surface area contributed by atoms with Crippen LogP contribution in [0.2, 0.25) is 0 Å². The third kappa shape index (κ3) is 6.39. The van der Waals surface area contributed by atoms with Gasteiger partial charge >= 0.3 is 0 Å². The van der Waals surface area contributed by atoms with E-state index in [0.29, 0.717) is 22.7 Å². The van der Waals surface area contributed by atoms with Gasteiger partial charge in [-0.15, -0.1) is 0 Å². The van der Waals surface area contributed by atoms with E-state index in [0.717, 1.165) is 31.3 Å². The van der Waals surface area contributed by atoms with Crippen molar-refractivity contribution in [3.8, 4) is 0 Å². The minimum Gasteiger partial charge on any atom is -0.398 e. The van der Waals surface area contributed by atoms with Gasteiger partial charge in [0.1, 0.15) is 0 Å². The first-order valence-electron chi connectivity index (χ1n) is 19.9. The number of nitrogen functional groups attached to an aromatic ring is 2. The standard InChI is InChI=1S/C51H32N6O7/c52-41-9-1-7-35-33(41)5-3-11-43(35)54-46(59)27-13-19-31(20-14-27)56-48(61)37-23-17-29(25-39(37)50(56)63)45(58)30-18-24-38-40(26-30)51(64)57(49(38)62)32-21-15-28(16-22-32)47(60)55-44-12-4-6-34-36(44)8-2-10-42(34)53/h1-26H,52-53H2,(H,54,59)(H,55,60). The average molecular weight is 841 g/mol. The molecule has 13 nitrogen and oxygen atoms in total. The molecule has 0 unspecified atom stereocenters. The molecule has 0 spiro atoms. The first-order chi connectivity index (χ1) is 31.0. The summed E-state index contributed by atoms with van der Waals surface area (Å²) in [6.45, 7) is 0. The number of hydrogen-bond donors (Lipinski definition) is 4. The van der Waals surface area contributed by atoms with E-state index in [9.17, 15) is 33.6 Å². The number of ketones is 1. The molecule has 0 saturated heterocycles. The number of hydrogen-bond acceptors (Lipinski definition) is 9. The van der Waals surface area contributed by atoms with E-state index in [2.05, 4.69) is 10.6 Å². The highest BCUT2D eigenvalue weighted by Gasteiger charge is 2.39. The van der Waals surface area contributed by atoms with Crippen molar-refractivity contribution >= 4 is 96.9 Å². The quantitative estimate of drug-likeness (QED) is 0.0657. The maximum atomic E-state index is 13.9. The molecule has 2 aliphatic rings. The van der Waals surface area contributed by atoms with Crippen LogP contribution in [0, 0.1) is 0 Å². The van der Waals surface area contributed by atoms with Gasteiger partial charge in [0.2, 0.25) is 0 Å². The normalized spacial score (nSPS) is 13.1. The van der Waals surface area contributed by atoms with E-state index in [4.69, 9.17) is 11.5 Å². The molecule has 308 valence electrons. The fourth-order valence-corrected chi connectivity index (χ4v) is 8.20. The second-order valence-corrected chi connectivity index (χ2v) is 15.2. The van der Waals surface area contributed by atoms with Gasteiger partial charge in [-0.05, 0) is 97.1 Å². The lowest BCUT2D eigenvalue weighted by atomic mass is 9.96. The molecule has 0 fully saturated rings. The Bertz CT molecular complexity index is 3180. The highest BCUT2D eigenvalue weighted by molar-refractivity contribution is 6.36. The molecular weight excluding hydrogens is 809 g/mol. The maximum Gasteiger partial charge on any atom is 0.266 e. The molecule has 0 radical (unpaired) electrons. The molecule has 10 rings (SSSR count). The lowest BCUT2D eigenvalue weighted by Gasteiger charge is -2.15. The fourth-order valence-electron chi connectivity index (χ4n) is 8.20. The lowest BCUT2D eigenvalue weighted by Crippen LogP contribution is -2.29. The maximum absolute atomic E-state index is 13.9. The number of carbonyl (C=O) groups excluding carboxylic acids is 7. The monoisotopic (exact) mass is 840 g/mol. The number of fused-ring (bicyclic) bond motifs is 4. The van der Waals surface area contributed by atoms with Gasteiger partial charge in [-0.2, -0.15) is 0 Å². The van der Waals surface area contributed by atoms with Gasteiger partial charge in [-0.1, -0.05) is 60.7 Å². The minimum atomic E-state index is -0.659. The number of anilines is 6. The van der Waals surface area contributed by atoms with E-state index >= 15 is 0 Å².